The monoisotopic (exact) mass is 312 g/mol. The van der Waals surface area contributed by atoms with E-state index in [0.29, 0.717) is 5.92 Å². The fraction of sp³-hybridized carbons (Fsp3) is 0.300. The van der Waals surface area contributed by atoms with Crippen LogP contribution in [0.25, 0.3) is 0 Å². The van der Waals surface area contributed by atoms with Gasteiger partial charge in [0.2, 0.25) is 0 Å². The largest absolute Gasteiger partial charge is 0.393 e. The lowest BCUT2D eigenvalue weighted by Gasteiger charge is -2.20. The van der Waals surface area contributed by atoms with Gasteiger partial charge in [-0.2, -0.15) is 0 Å². The Labute approximate surface area is 138 Å². The SMILES string of the molecule is C=C(CSc1ccccc1)CC(CC(C)O)c1ccccc1. The van der Waals surface area contributed by atoms with Crippen LogP contribution in [0.4, 0.5) is 0 Å². The van der Waals surface area contributed by atoms with Gasteiger partial charge in [-0.05, 0) is 43.4 Å². The zero-order chi connectivity index (χ0) is 15.8. The summed E-state index contributed by atoms with van der Waals surface area (Å²) in [6.07, 6.45) is 1.41. The molecule has 116 valence electrons. The normalized spacial score (nSPS) is 13.5. The molecular formula is C20H24OS. The summed E-state index contributed by atoms with van der Waals surface area (Å²) in [5.74, 6) is 1.26. The van der Waals surface area contributed by atoms with Gasteiger partial charge in [-0.15, -0.1) is 11.8 Å². The molecule has 0 amide bonds. The zero-order valence-electron chi connectivity index (χ0n) is 13.1. The third kappa shape index (κ3) is 5.70. The first-order valence-electron chi connectivity index (χ1n) is 7.72. The van der Waals surface area contributed by atoms with Crippen molar-refractivity contribution in [3.63, 3.8) is 0 Å². The van der Waals surface area contributed by atoms with Crippen LogP contribution in [0.1, 0.15) is 31.2 Å². The number of thioether (sulfide) groups is 1. The summed E-state index contributed by atoms with van der Waals surface area (Å²) in [5, 5.41) is 9.77. The predicted molar refractivity (Wildman–Crippen MR) is 96.4 cm³/mol. The van der Waals surface area contributed by atoms with Gasteiger partial charge >= 0.3 is 0 Å². The van der Waals surface area contributed by atoms with Crippen LogP contribution in [0.3, 0.4) is 0 Å². The molecule has 0 saturated heterocycles. The summed E-state index contributed by atoms with van der Waals surface area (Å²) in [7, 11) is 0. The highest BCUT2D eigenvalue weighted by Crippen LogP contribution is 2.30. The average Bonchev–Trinajstić information content (AvgIpc) is 2.54. The highest BCUT2D eigenvalue weighted by Gasteiger charge is 2.15. The molecule has 1 nitrogen and oxygen atoms in total. The number of benzene rings is 2. The van der Waals surface area contributed by atoms with Crippen molar-refractivity contribution in [2.75, 3.05) is 5.75 Å². The molecule has 22 heavy (non-hydrogen) atoms. The quantitative estimate of drug-likeness (QED) is 0.528. The lowest BCUT2D eigenvalue weighted by atomic mass is 9.88. The smallest absolute Gasteiger partial charge is 0.0518 e. The molecule has 0 fully saturated rings. The van der Waals surface area contributed by atoms with Crippen molar-refractivity contribution in [2.24, 2.45) is 0 Å². The molecule has 2 atom stereocenters. The van der Waals surface area contributed by atoms with Gasteiger partial charge in [0.1, 0.15) is 0 Å². The first-order valence-corrected chi connectivity index (χ1v) is 8.71. The summed E-state index contributed by atoms with van der Waals surface area (Å²) in [6, 6.07) is 20.9. The van der Waals surface area contributed by atoms with Crippen molar-refractivity contribution < 1.29 is 5.11 Å². The van der Waals surface area contributed by atoms with Gasteiger partial charge in [0.05, 0.1) is 6.10 Å². The van der Waals surface area contributed by atoms with Crippen molar-refractivity contribution >= 4 is 11.8 Å². The molecule has 0 bridgehead atoms. The van der Waals surface area contributed by atoms with Gasteiger partial charge in [-0.25, -0.2) is 0 Å². The van der Waals surface area contributed by atoms with Crippen LogP contribution < -0.4 is 0 Å². The number of rotatable bonds is 8. The minimum absolute atomic E-state index is 0.292. The fourth-order valence-electron chi connectivity index (χ4n) is 2.58. The lowest BCUT2D eigenvalue weighted by Crippen LogP contribution is -2.10. The Morgan fingerprint density at radius 3 is 2.23 bits per heavy atom. The Bertz CT molecular complexity index is 563. The van der Waals surface area contributed by atoms with Crippen LogP contribution in [0.15, 0.2) is 77.7 Å². The summed E-state index contributed by atoms with van der Waals surface area (Å²) < 4.78 is 0. The Balaban J connectivity index is 1.93. The molecule has 2 unspecified atom stereocenters. The van der Waals surface area contributed by atoms with Crippen LogP contribution >= 0.6 is 11.8 Å². The molecule has 2 aromatic carbocycles. The second kappa shape index (κ2) is 8.82. The Hall–Kier alpha value is -1.51. The van der Waals surface area contributed by atoms with Gasteiger partial charge in [0, 0.05) is 10.6 Å². The molecule has 0 aliphatic rings. The molecule has 0 saturated carbocycles. The number of aliphatic hydroxyl groups is 1. The minimum atomic E-state index is -0.292. The molecule has 1 N–H and O–H groups in total. The van der Waals surface area contributed by atoms with Crippen LogP contribution in [0.5, 0.6) is 0 Å². The van der Waals surface area contributed by atoms with Crippen molar-refractivity contribution in [3.05, 3.63) is 78.4 Å². The maximum atomic E-state index is 9.77. The topological polar surface area (TPSA) is 20.2 Å². The van der Waals surface area contributed by atoms with Crippen molar-refractivity contribution in [1.82, 2.24) is 0 Å². The Morgan fingerprint density at radius 1 is 1.05 bits per heavy atom. The van der Waals surface area contributed by atoms with E-state index in [4.69, 9.17) is 0 Å². The molecule has 0 radical (unpaired) electrons. The first-order chi connectivity index (χ1) is 10.6. The van der Waals surface area contributed by atoms with E-state index in [1.54, 1.807) is 0 Å². The van der Waals surface area contributed by atoms with E-state index in [0.717, 1.165) is 18.6 Å². The van der Waals surface area contributed by atoms with E-state index >= 15 is 0 Å². The molecule has 2 aromatic rings. The number of hydrogen-bond donors (Lipinski definition) is 1. The van der Waals surface area contributed by atoms with Crippen LogP contribution in [0, 0.1) is 0 Å². The van der Waals surface area contributed by atoms with E-state index in [1.807, 2.05) is 30.8 Å². The van der Waals surface area contributed by atoms with Gasteiger partial charge < -0.3 is 5.11 Å². The van der Waals surface area contributed by atoms with E-state index in [2.05, 4.69) is 55.1 Å². The molecular weight excluding hydrogens is 288 g/mol. The molecule has 0 aliphatic carbocycles. The maximum absolute atomic E-state index is 9.77. The highest BCUT2D eigenvalue weighted by atomic mass is 32.2. The highest BCUT2D eigenvalue weighted by molar-refractivity contribution is 7.99. The summed E-state index contributed by atoms with van der Waals surface area (Å²) in [6.45, 7) is 6.10. The summed E-state index contributed by atoms with van der Waals surface area (Å²) in [4.78, 5) is 1.27. The van der Waals surface area contributed by atoms with Crippen LogP contribution in [-0.2, 0) is 0 Å². The van der Waals surface area contributed by atoms with Crippen LogP contribution in [-0.4, -0.2) is 17.0 Å². The van der Waals surface area contributed by atoms with Gasteiger partial charge in [-0.1, -0.05) is 60.7 Å². The van der Waals surface area contributed by atoms with E-state index in [1.165, 1.54) is 16.0 Å². The standard InChI is InChI=1S/C20H24OS/c1-16(15-22-20-11-7-4-8-12-20)13-19(14-17(2)21)18-9-5-3-6-10-18/h3-12,17,19,21H,1,13-15H2,2H3. The molecule has 0 aliphatic heterocycles. The van der Waals surface area contributed by atoms with E-state index in [9.17, 15) is 5.11 Å². The predicted octanol–water partition coefficient (Wildman–Crippen LogP) is 5.28. The fourth-order valence-corrected chi connectivity index (χ4v) is 3.42. The Morgan fingerprint density at radius 2 is 1.64 bits per heavy atom. The summed E-state index contributed by atoms with van der Waals surface area (Å²) >= 11 is 1.82. The van der Waals surface area contributed by atoms with E-state index < -0.39 is 0 Å². The number of hydrogen-bond acceptors (Lipinski definition) is 2. The molecule has 2 rings (SSSR count). The van der Waals surface area contributed by atoms with Crippen LogP contribution in [0.2, 0.25) is 0 Å². The zero-order valence-corrected chi connectivity index (χ0v) is 13.9. The Kier molecular flexibility index (Phi) is 6.75. The third-order valence-corrected chi connectivity index (χ3v) is 4.78. The lowest BCUT2D eigenvalue weighted by molar-refractivity contribution is 0.174. The van der Waals surface area contributed by atoms with E-state index in [-0.39, 0.29) is 6.10 Å². The van der Waals surface area contributed by atoms with Crippen molar-refractivity contribution in [2.45, 2.75) is 36.7 Å². The molecule has 0 spiro atoms. The van der Waals surface area contributed by atoms with Crippen molar-refractivity contribution in [3.8, 4) is 0 Å². The average molecular weight is 312 g/mol. The van der Waals surface area contributed by atoms with Crippen molar-refractivity contribution in [1.29, 1.82) is 0 Å². The van der Waals surface area contributed by atoms with Gasteiger partial charge in [-0.3, -0.25) is 0 Å². The second-order valence-corrected chi connectivity index (χ2v) is 6.80. The van der Waals surface area contributed by atoms with Gasteiger partial charge in [0.15, 0.2) is 0 Å². The second-order valence-electron chi connectivity index (χ2n) is 5.75. The maximum Gasteiger partial charge on any atom is 0.0518 e. The molecule has 0 aromatic heterocycles. The molecule has 0 heterocycles. The minimum Gasteiger partial charge on any atom is -0.393 e. The summed E-state index contributed by atoms with van der Waals surface area (Å²) in [5.41, 5.74) is 2.51. The van der Waals surface area contributed by atoms with Gasteiger partial charge in [0.25, 0.3) is 0 Å². The molecule has 2 heteroatoms. The first kappa shape index (κ1) is 16.9. The third-order valence-electron chi connectivity index (χ3n) is 3.62. The number of aliphatic hydroxyl groups excluding tert-OH is 1.